The third kappa shape index (κ3) is 3.00. The molecule has 5 aromatic rings. The Bertz CT molecular complexity index is 1590. The molecule has 1 saturated carbocycles. The third-order valence-corrected chi connectivity index (χ3v) is 9.16. The lowest BCUT2D eigenvalue weighted by molar-refractivity contribution is 0.511. The van der Waals surface area contributed by atoms with Gasteiger partial charge in [-0.15, -0.1) is 11.3 Å². The number of likely N-dealkylation sites (N-methyl/N-ethyl adjacent to an activating group) is 1. The van der Waals surface area contributed by atoms with Crippen molar-refractivity contribution in [1.82, 2.24) is 40.2 Å². The van der Waals surface area contributed by atoms with Crippen LogP contribution in [0, 0.1) is 18.8 Å². The normalized spacial score (nSPS) is 23.5. The van der Waals surface area contributed by atoms with E-state index in [0.717, 1.165) is 47.6 Å². The molecule has 4 aromatic heterocycles. The Kier molecular flexibility index (Phi) is 4.52. The predicted octanol–water partition coefficient (Wildman–Crippen LogP) is 3.55. The van der Waals surface area contributed by atoms with Crippen molar-refractivity contribution in [2.24, 2.45) is 18.9 Å². The molecule has 7 rings (SSSR count). The highest BCUT2D eigenvalue weighted by atomic mass is 35.5. The fourth-order valence-corrected chi connectivity index (χ4v) is 7.35. The molecule has 1 saturated heterocycles. The molecule has 0 amide bonds. The molecular weight excluding hydrogens is 482 g/mol. The largest absolute Gasteiger partial charge is 0.355 e. The van der Waals surface area contributed by atoms with Crippen LogP contribution in [0.4, 0.5) is 5.82 Å². The number of hydrogen-bond acceptors (Lipinski definition) is 8. The van der Waals surface area contributed by atoms with Crippen molar-refractivity contribution < 1.29 is 0 Å². The molecule has 1 aliphatic carbocycles. The van der Waals surface area contributed by atoms with E-state index in [9.17, 15) is 0 Å². The first kappa shape index (κ1) is 21.2. The summed E-state index contributed by atoms with van der Waals surface area (Å²) in [6.45, 7) is 4.94. The Labute approximate surface area is 210 Å². The van der Waals surface area contributed by atoms with Crippen molar-refractivity contribution in [2.75, 3.05) is 31.6 Å². The number of nitrogens with zero attached hydrogens (tertiary/aromatic N) is 7. The summed E-state index contributed by atoms with van der Waals surface area (Å²) < 4.78 is 1.76. The van der Waals surface area contributed by atoms with Crippen molar-refractivity contribution in [1.29, 1.82) is 0 Å². The standard InChI is InChI=1S/C24H24ClN9S/c1-12-10-35-23(28-12)24(11-26-2)15-8-34(9-16(15)24)18-6-27-21-20(30-31-22(21)29-18)13-4-5-17-14(19(13)25)7-33(3)32-17/h4-7,10,15-16,26H,8-9,11H2,1-3H3,(H,29,30,31)/t15-,16+,24?. The highest BCUT2D eigenvalue weighted by Crippen LogP contribution is 2.64. The average molecular weight is 506 g/mol. The van der Waals surface area contributed by atoms with Gasteiger partial charge in [0, 0.05) is 60.3 Å². The van der Waals surface area contributed by atoms with Gasteiger partial charge in [-0.25, -0.2) is 15.0 Å². The molecule has 178 valence electrons. The second-order valence-corrected chi connectivity index (χ2v) is 10.9. The first-order chi connectivity index (χ1) is 17.0. The molecule has 0 radical (unpaired) electrons. The van der Waals surface area contributed by atoms with Gasteiger partial charge in [0.1, 0.15) is 22.0 Å². The summed E-state index contributed by atoms with van der Waals surface area (Å²) in [4.78, 5) is 16.8. The van der Waals surface area contributed by atoms with E-state index in [2.05, 4.69) is 37.8 Å². The summed E-state index contributed by atoms with van der Waals surface area (Å²) in [6, 6.07) is 3.90. The van der Waals surface area contributed by atoms with Crippen LogP contribution >= 0.6 is 22.9 Å². The summed E-state index contributed by atoms with van der Waals surface area (Å²) >= 11 is 8.53. The number of aryl methyl sites for hydroxylation is 2. The molecule has 9 nitrogen and oxygen atoms in total. The highest BCUT2D eigenvalue weighted by Gasteiger charge is 2.70. The monoisotopic (exact) mass is 505 g/mol. The van der Waals surface area contributed by atoms with Crippen molar-refractivity contribution in [2.45, 2.75) is 12.3 Å². The van der Waals surface area contributed by atoms with E-state index in [1.807, 2.05) is 38.6 Å². The Morgan fingerprint density at radius 1 is 1.26 bits per heavy atom. The Balaban J connectivity index is 1.18. The molecule has 1 aromatic carbocycles. The van der Waals surface area contributed by atoms with Crippen LogP contribution in [0.3, 0.4) is 0 Å². The van der Waals surface area contributed by atoms with E-state index in [1.165, 1.54) is 5.01 Å². The van der Waals surface area contributed by atoms with Crippen LogP contribution in [0.1, 0.15) is 10.7 Å². The topological polar surface area (TPSA) is 100 Å². The van der Waals surface area contributed by atoms with Crippen LogP contribution in [-0.2, 0) is 12.5 Å². The van der Waals surface area contributed by atoms with Gasteiger partial charge >= 0.3 is 0 Å². The number of rotatable bonds is 5. The van der Waals surface area contributed by atoms with Crippen LogP contribution < -0.4 is 10.2 Å². The number of aromatic amines is 1. The molecule has 2 fully saturated rings. The number of fused-ring (bicyclic) bond motifs is 3. The van der Waals surface area contributed by atoms with Crippen molar-refractivity contribution in [3.8, 4) is 11.3 Å². The molecule has 11 heteroatoms. The lowest BCUT2D eigenvalue weighted by atomic mass is 10.0. The summed E-state index contributed by atoms with van der Waals surface area (Å²) in [7, 11) is 3.91. The number of hydrogen-bond donors (Lipinski definition) is 2. The molecule has 2 N–H and O–H groups in total. The highest BCUT2D eigenvalue weighted by molar-refractivity contribution is 7.09. The number of nitrogens with one attached hydrogen (secondary N) is 2. The molecular formula is C24H24ClN9S. The van der Waals surface area contributed by atoms with Gasteiger partial charge in [0.15, 0.2) is 5.65 Å². The van der Waals surface area contributed by atoms with E-state index in [1.54, 1.807) is 16.0 Å². The quantitative estimate of drug-likeness (QED) is 0.376. The summed E-state index contributed by atoms with van der Waals surface area (Å²) in [6.07, 6.45) is 3.77. The smallest absolute Gasteiger partial charge is 0.177 e. The average Bonchev–Trinajstić information content (AvgIpc) is 3.46. The van der Waals surface area contributed by atoms with Crippen molar-refractivity contribution in [3.05, 3.63) is 45.6 Å². The molecule has 2 aliphatic rings. The van der Waals surface area contributed by atoms with Crippen LogP contribution in [0.25, 0.3) is 33.3 Å². The number of halogens is 1. The Morgan fingerprint density at radius 2 is 2.09 bits per heavy atom. The maximum absolute atomic E-state index is 6.73. The summed E-state index contributed by atoms with van der Waals surface area (Å²) in [5, 5.41) is 20.4. The van der Waals surface area contributed by atoms with Gasteiger partial charge in [-0.05, 0) is 37.9 Å². The number of thiazole rings is 1. The molecule has 1 aliphatic heterocycles. The minimum Gasteiger partial charge on any atom is -0.355 e. The van der Waals surface area contributed by atoms with Gasteiger partial charge in [0.05, 0.1) is 16.7 Å². The summed E-state index contributed by atoms with van der Waals surface area (Å²) in [5.74, 6) is 2.02. The van der Waals surface area contributed by atoms with Gasteiger partial charge in [0.25, 0.3) is 0 Å². The van der Waals surface area contributed by atoms with E-state index in [4.69, 9.17) is 26.6 Å². The van der Waals surface area contributed by atoms with E-state index < -0.39 is 0 Å². The van der Waals surface area contributed by atoms with Crippen LogP contribution in [0.2, 0.25) is 5.02 Å². The lowest BCUT2D eigenvalue weighted by Crippen LogP contribution is -2.36. The van der Waals surface area contributed by atoms with Gasteiger partial charge in [-0.1, -0.05) is 11.6 Å². The second-order valence-electron chi connectivity index (χ2n) is 9.64. The fraction of sp³-hybridized carbons (Fsp3) is 0.375. The molecule has 1 unspecified atom stereocenters. The van der Waals surface area contributed by atoms with Gasteiger partial charge in [0.2, 0.25) is 0 Å². The third-order valence-electron chi connectivity index (χ3n) is 7.60. The van der Waals surface area contributed by atoms with Crippen molar-refractivity contribution in [3.63, 3.8) is 0 Å². The number of H-pyrrole nitrogens is 1. The molecule has 0 spiro atoms. The van der Waals surface area contributed by atoms with Gasteiger partial charge in [-0.3, -0.25) is 9.78 Å². The molecule has 35 heavy (non-hydrogen) atoms. The number of anilines is 1. The molecule has 3 atom stereocenters. The summed E-state index contributed by atoms with van der Waals surface area (Å²) in [5.41, 5.74) is 5.00. The zero-order chi connectivity index (χ0) is 23.9. The molecule has 0 bridgehead atoms. The Morgan fingerprint density at radius 3 is 2.83 bits per heavy atom. The maximum Gasteiger partial charge on any atom is 0.177 e. The predicted molar refractivity (Wildman–Crippen MR) is 138 cm³/mol. The zero-order valence-corrected chi connectivity index (χ0v) is 21.2. The number of aromatic nitrogens is 7. The minimum atomic E-state index is 0.143. The second kappa shape index (κ2) is 7.46. The Hall–Kier alpha value is -3.08. The van der Waals surface area contributed by atoms with Crippen molar-refractivity contribution >= 4 is 50.8 Å². The number of benzene rings is 1. The van der Waals surface area contributed by atoms with Crippen LogP contribution in [-0.4, -0.2) is 61.6 Å². The van der Waals surface area contributed by atoms with Gasteiger partial charge in [-0.2, -0.15) is 10.2 Å². The maximum atomic E-state index is 6.73. The van der Waals surface area contributed by atoms with E-state index in [0.29, 0.717) is 33.7 Å². The SMILES string of the molecule is CNCC1(c2nc(C)cs2)[C@@H]2CN(c3cnc4c(-c5ccc6nn(C)cc6c5Cl)n[nH]c4n3)C[C@@H]21. The fourth-order valence-electron chi connectivity index (χ4n) is 5.93. The van der Waals surface area contributed by atoms with Crippen LogP contribution in [0.15, 0.2) is 29.9 Å². The first-order valence-corrected chi connectivity index (χ1v) is 12.9. The van der Waals surface area contributed by atoms with Crippen LogP contribution in [0.5, 0.6) is 0 Å². The van der Waals surface area contributed by atoms with E-state index in [-0.39, 0.29) is 5.41 Å². The lowest BCUT2D eigenvalue weighted by Gasteiger charge is -2.26. The molecule has 5 heterocycles. The first-order valence-electron chi connectivity index (χ1n) is 11.6. The van der Waals surface area contributed by atoms with E-state index >= 15 is 0 Å². The minimum absolute atomic E-state index is 0.143. The van der Waals surface area contributed by atoms with Gasteiger partial charge < -0.3 is 10.2 Å². The number of piperidine rings is 1. The zero-order valence-electron chi connectivity index (χ0n) is 19.6.